The van der Waals surface area contributed by atoms with Crippen LogP contribution in [-0.2, 0) is 11.2 Å². The molecule has 1 amide bonds. The van der Waals surface area contributed by atoms with Crippen molar-refractivity contribution in [2.45, 2.75) is 51.1 Å². The van der Waals surface area contributed by atoms with Crippen LogP contribution in [0.3, 0.4) is 0 Å². The molecule has 3 rings (SSSR count). The number of nitrogens with zero attached hydrogens (tertiary/aromatic N) is 1. The third-order valence-corrected chi connectivity index (χ3v) is 5.23. The standard InChI is InChI=1S/C19H28N2O2.ClH/c1-14(11-15-5-3-4-6-18(15)23-2)12-19(22)21-16-7-8-17(21)13-20-10-9-16;/h3-6,14,16-17,20H,7-13H2,1-2H3;1H. The number of fused-ring (bicyclic) bond motifs is 2. The molecule has 1 N–H and O–H groups in total. The number of carbonyl (C=O) groups excluding carboxylic acids is 1. The maximum absolute atomic E-state index is 12.8. The number of carbonyl (C=O) groups is 1. The highest BCUT2D eigenvalue weighted by molar-refractivity contribution is 5.85. The monoisotopic (exact) mass is 352 g/mol. The fourth-order valence-corrected chi connectivity index (χ4v) is 4.11. The average molecular weight is 353 g/mol. The molecule has 0 radical (unpaired) electrons. The summed E-state index contributed by atoms with van der Waals surface area (Å²) in [5, 5.41) is 3.46. The van der Waals surface area contributed by atoms with Gasteiger partial charge in [-0.25, -0.2) is 0 Å². The first-order valence-corrected chi connectivity index (χ1v) is 8.82. The van der Waals surface area contributed by atoms with Gasteiger partial charge in [-0.05, 0) is 49.8 Å². The smallest absolute Gasteiger partial charge is 0.223 e. The van der Waals surface area contributed by atoms with E-state index in [0.717, 1.165) is 38.1 Å². The second-order valence-corrected chi connectivity index (χ2v) is 7.00. The highest BCUT2D eigenvalue weighted by Gasteiger charge is 2.37. The summed E-state index contributed by atoms with van der Waals surface area (Å²) in [6.45, 7) is 4.17. The van der Waals surface area contributed by atoms with Crippen LogP contribution >= 0.6 is 12.4 Å². The maximum atomic E-state index is 12.8. The minimum Gasteiger partial charge on any atom is -0.496 e. The molecule has 0 aromatic heterocycles. The number of para-hydroxylation sites is 1. The Bertz CT molecular complexity index is 538. The molecule has 2 aliphatic rings. The first-order valence-electron chi connectivity index (χ1n) is 8.82. The second-order valence-electron chi connectivity index (χ2n) is 7.00. The van der Waals surface area contributed by atoms with E-state index < -0.39 is 0 Å². The summed E-state index contributed by atoms with van der Waals surface area (Å²) in [5.41, 5.74) is 1.19. The second kappa shape index (κ2) is 8.72. The molecule has 2 heterocycles. The Balaban J connectivity index is 0.00000208. The van der Waals surface area contributed by atoms with E-state index in [4.69, 9.17) is 4.74 Å². The fourth-order valence-electron chi connectivity index (χ4n) is 4.11. The van der Waals surface area contributed by atoms with Gasteiger partial charge in [0, 0.05) is 25.0 Å². The van der Waals surface area contributed by atoms with Gasteiger partial charge in [0.2, 0.25) is 5.91 Å². The summed E-state index contributed by atoms with van der Waals surface area (Å²) < 4.78 is 5.42. The minimum absolute atomic E-state index is 0. The molecule has 2 fully saturated rings. The molecule has 24 heavy (non-hydrogen) atoms. The Morgan fingerprint density at radius 2 is 2.04 bits per heavy atom. The van der Waals surface area contributed by atoms with E-state index in [0.29, 0.717) is 30.3 Å². The molecule has 0 aliphatic carbocycles. The Hall–Kier alpha value is -1.26. The van der Waals surface area contributed by atoms with Gasteiger partial charge in [-0.1, -0.05) is 25.1 Å². The summed E-state index contributed by atoms with van der Waals surface area (Å²) in [4.78, 5) is 15.0. The van der Waals surface area contributed by atoms with Gasteiger partial charge in [0.1, 0.15) is 5.75 Å². The molecule has 2 aliphatic heterocycles. The topological polar surface area (TPSA) is 41.6 Å². The average Bonchev–Trinajstić information content (AvgIpc) is 2.80. The van der Waals surface area contributed by atoms with Crippen LogP contribution in [0.2, 0.25) is 0 Å². The summed E-state index contributed by atoms with van der Waals surface area (Å²) in [6, 6.07) is 8.98. The van der Waals surface area contributed by atoms with E-state index in [-0.39, 0.29) is 12.4 Å². The Morgan fingerprint density at radius 1 is 1.29 bits per heavy atom. The molecular weight excluding hydrogens is 324 g/mol. The molecule has 4 nitrogen and oxygen atoms in total. The van der Waals surface area contributed by atoms with Gasteiger partial charge in [-0.3, -0.25) is 4.79 Å². The third kappa shape index (κ3) is 4.22. The zero-order valence-electron chi connectivity index (χ0n) is 14.7. The van der Waals surface area contributed by atoms with E-state index in [1.54, 1.807) is 7.11 Å². The largest absolute Gasteiger partial charge is 0.496 e. The van der Waals surface area contributed by atoms with Crippen LogP contribution in [0.25, 0.3) is 0 Å². The molecule has 1 aromatic rings. The summed E-state index contributed by atoms with van der Waals surface area (Å²) in [5.74, 6) is 1.59. The van der Waals surface area contributed by atoms with Gasteiger partial charge in [-0.2, -0.15) is 0 Å². The number of hydrogen-bond donors (Lipinski definition) is 1. The van der Waals surface area contributed by atoms with E-state index in [1.165, 1.54) is 12.0 Å². The van der Waals surface area contributed by atoms with Crippen molar-refractivity contribution in [3.05, 3.63) is 29.8 Å². The Kier molecular flexibility index (Phi) is 6.93. The first-order chi connectivity index (χ1) is 11.2. The van der Waals surface area contributed by atoms with Crippen molar-refractivity contribution in [1.82, 2.24) is 10.2 Å². The van der Waals surface area contributed by atoms with Crippen LogP contribution in [0, 0.1) is 5.92 Å². The van der Waals surface area contributed by atoms with Gasteiger partial charge < -0.3 is 15.0 Å². The van der Waals surface area contributed by atoms with E-state index in [1.807, 2.05) is 18.2 Å². The number of rotatable bonds is 5. The van der Waals surface area contributed by atoms with Crippen LogP contribution in [0.15, 0.2) is 24.3 Å². The van der Waals surface area contributed by atoms with E-state index >= 15 is 0 Å². The van der Waals surface area contributed by atoms with Crippen molar-refractivity contribution in [3.8, 4) is 5.75 Å². The zero-order valence-corrected chi connectivity index (χ0v) is 15.5. The number of benzene rings is 1. The highest BCUT2D eigenvalue weighted by Crippen LogP contribution is 2.30. The number of amides is 1. The van der Waals surface area contributed by atoms with E-state index in [9.17, 15) is 4.79 Å². The van der Waals surface area contributed by atoms with Crippen LogP contribution < -0.4 is 10.1 Å². The lowest BCUT2D eigenvalue weighted by molar-refractivity contribution is -0.134. The molecule has 3 atom stereocenters. The van der Waals surface area contributed by atoms with Crippen molar-refractivity contribution in [1.29, 1.82) is 0 Å². The molecular formula is C19H29ClN2O2. The summed E-state index contributed by atoms with van der Waals surface area (Å²) in [6.07, 6.45) is 4.95. The summed E-state index contributed by atoms with van der Waals surface area (Å²) in [7, 11) is 1.70. The number of hydrogen-bond acceptors (Lipinski definition) is 3. The molecule has 1 aromatic carbocycles. The van der Waals surface area contributed by atoms with Gasteiger partial charge in [0.05, 0.1) is 7.11 Å². The Labute approximate surface area is 151 Å². The van der Waals surface area contributed by atoms with Crippen molar-refractivity contribution in [2.24, 2.45) is 5.92 Å². The first kappa shape index (κ1) is 19.1. The fraction of sp³-hybridized carbons (Fsp3) is 0.632. The zero-order chi connectivity index (χ0) is 16.2. The molecule has 0 saturated carbocycles. The normalized spacial score (nSPS) is 24.0. The van der Waals surface area contributed by atoms with Crippen LogP contribution in [-0.4, -0.2) is 43.1 Å². The molecule has 2 bridgehead atoms. The molecule has 134 valence electrons. The molecule has 0 spiro atoms. The maximum Gasteiger partial charge on any atom is 0.223 e. The molecule has 3 unspecified atom stereocenters. The van der Waals surface area contributed by atoms with Crippen LogP contribution in [0.5, 0.6) is 5.75 Å². The van der Waals surface area contributed by atoms with Gasteiger partial charge in [-0.15, -0.1) is 12.4 Å². The van der Waals surface area contributed by atoms with Crippen molar-refractivity contribution < 1.29 is 9.53 Å². The lowest BCUT2D eigenvalue weighted by Crippen LogP contribution is -2.43. The lowest BCUT2D eigenvalue weighted by Gasteiger charge is -2.29. The lowest BCUT2D eigenvalue weighted by atomic mass is 9.96. The molecule has 2 saturated heterocycles. The number of nitrogens with one attached hydrogen (secondary N) is 1. The van der Waals surface area contributed by atoms with Crippen molar-refractivity contribution >= 4 is 18.3 Å². The third-order valence-electron chi connectivity index (χ3n) is 5.23. The van der Waals surface area contributed by atoms with E-state index in [2.05, 4.69) is 23.2 Å². The Morgan fingerprint density at radius 3 is 2.83 bits per heavy atom. The summed E-state index contributed by atoms with van der Waals surface area (Å²) >= 11 is 0. The molecule has 5 heteroatoms. The SMILES string of the molecule is COc1ccccc1CC(C)CC(=O)N1C2CCNCC1CC2.Cl. The number of methoxy groups -OCH3 is 1. The van der Waals surface area contributed by atoms with Gasteiger partial charge >= 0.3 is 0 Å². The van der Waals surface area contributed by atoms with Crippen molar-refractivity contribution in [2.75, 3.05) is 20.2 Å². The van der Waals surface area contributed by atoms with Gasteiger partial charge in [0.25, 0.3) is 0 Å². The van der Waals surface area contributed by atoms with Crippen LogP contribution in [0.1, 0.15) is 38.2 Å². The minimum atomic E-state index is 0. The quantitative estimate of drug-likeness (QED) is 0.885. The number of ether oxygens (including phenoxy) is 1. The van der Waals surface area contributed by atoms with Gasteiger partial charge in [0.15, 0.2) is 0 Å². The predicted molar refractivity (Wildman–Crippen MR) is 98.9 cm³/mol. The van der Waals surface area contributed by atoms with Crippen molar-refractivity contribution in [3.63, 3.8) is 0 Å². The predicted octanol–water partition coefficient (Wildman–Crippen LogP) is 3.04. The van der Waals surface area contributed by atoms with Crippen LogP contribution in [0.4, 0.5) is 0 Å². The number of halogens is 1. The highest BCUT2D eigenvalue weighted by atomic mass is 35.5.